The number of halogens is 2. The number of methoxy groups -OCH3 is 1. The zero-order valence-corrected chi connectivity index (χ0v) is 11.9. The van der Waals surface area contributed by atoms with Crippen molar-refractivity contribution < 1.29 is 18.7 Å². The molecule has 3 rings (SSSR count). The summed E-state index contributed by atoms with van der Waals surface area (Å²) >= 11 is 6.04. The third-order valence-corrected chi connectivity index (χ3v) is 3.57. The SMILES string of the molecule is COc1cc(C(O)c2cc3cccc(Cl)c3o2)ccc1F. The molecule has 1 unspecified atom stereocenters. The molecule has 1 atom stereocenters. The molecule has 0 radical (unpaired) electrons. The van der Waals surface area contributed by atoms with E-state index < -0.39 is 11.9 Å². The molecule has 0 aliphatic heterocycles. The molecule has 108 valence electrons. The van der Waals surface area contributed by atoms with Gasteiger partial charge in [0.25, 0.3) is 0 Å². The zero-order valence-electron chi connectivity index (χ0n) is 11.1. The molecule has 0 saturated carbocycles. The van der Waals surface area contributed by atoms with E-state index in [4.69, 9.17) is 20.8 Å². The van der Waals surface area contributed by atoms with Crippen LogP contribution in [0.1, 0.15) is 17.4 Å². The van der Waals surface area contributed by atoms with E-state index >= 15 is 0 Å². The number of hydrogen-bond donors (Lipinski definition) is 1. The van der Waals surface area contributed by atoms with Crippen molar-refractivity contribution in [2.45, 2.75) is 6.10 Å². The first kappa shape index (κ1) is 13.9. The van der Waals surface area contributed by atoms with Gasteiger partial charge in [-0.1, -0.05) is 29.8 Å². The van der Waals surface area contributed by atoms with Crippen LogP contribution in [0, 0.1) is 5.82 Å². The summed E-state index contributed by atoms with van der Waals surface area (Å²) in [6.45, 7) is 0. The number of hydrogen-bond acceptors (Lipinski definition) is 3. The maximum absolute atomic E-state index is 13.4. The molecule has 2 aromatic carbocycles. The van der Waals surface area contributed by atoms with Crippen molar-refractivity contribution >= 4 is 22.6 Å². The minimum Gasteiger partial charge on any atom is -0.494 e. The van der Waals surface area contributed by atoms with Crippen molar-refractivity contribution in [1.82, 2.24) is 0 Å². The highest BCUT2D eigenvalue weighted by molar-refractivity contribution is 6.34. The first-order valence-electron chi connectivity index (χ1n) is 6.29. The fourth-order valence-corrected chi connectivity index (χ4v) is 2.41. The van der Waals surface area contributed by atoms with Crippen LogP contribution in [0.2, 0.25) is 5.02 Å². The molecule has 1 aromatic heterocycles. The van der Waals surface area contributed by atoms with E-state index in [0.717, 1.165) is 5.39 Å². The van der Waals surface area contributed by atoms with Gasteiger partial charge in [-0.15, -0.1) is 0 Å². The normalized spacial score (nSPS) is 12.6. The maximum Gasteiger partial charge on any atom is 0.165 e. The van der Waals surface area contributed by atoms with E-state index in [1.54, 1.807) is 18.2 Å². The lowest BCUT2D eigenvalue weighted by molar-refractivity contribution is 0.191. The van der Waals surface area contributed by atoms with Crippen molar-refractivity contribution in [1.29, 1.82) is 0 Å². The number of aliphatic hydroxyl groups excluding tert-OH is 1. The monoisotopic (exact) mass is 306 g/mol. The van der Waals surface area contributed by atoms with Crippen LogP contribution in [-0.2, 0) is 0 Å². The quantitative estimate of drug-likeness (QED) is 0.784. The van der Waals surface area contributed by atoms with Crippen molar-refractivity contribution in [3.63, 3.8) is 0 Å². The first-order valence-corrected chi connectivity index (χ1v) is 6.67. The molecular formula is C16H12ClFO3. The van der Waals surface area contributed by atoms with Gasteiger partial charge in [0.15, 0.2) is 17.1 Å². The van der Waals surface area contributed by atoms with Crippen molar-refractivity contribution in [3.05, 3.63) is 64.6 Å². The van der Waals surface area contributed by atoms with Crippen LogP contribution >= 0.6 is 11.6 Å². The average molecular weight is 307 g/mol. The maximum atomic E-state index is 13.4. The highest BCUT2D eigenvalue weighted by atomic mass is 35.5. The number of benzene rings is 2. The Balaban J connectivity index is 2.03. The molecule has 1 heterocycles. The van der Waals surface area contributed by atoms with Gasteiger partial charge < -0.3 is 14.3 Å². The van der Waals surface area contributed by atoms with Gasteiger partial charge in [-0.2, -0.15) is 0 Å². The molecule has 0 aliphatic carbocycles. The summed E-state index contributed by atoms with van der Waals surface area (Å²) < 4.78 is 23.9. The molecule has 1 N–H and O–H groups in total. The van der Waals surface area contributed by atoms with Crippen LogP contribution in [0.5, 0.6) is 5.75 Å². The number of ether oxygens (including phenoxy) is 1. The predicted octanol–water partition coefficient (Wildman–Crippen LogP) is 4.32. The van der Waals surface area contributed by atoms with Gasteiger partial charge in [-0.25, -0.2) is 4.39 Å². The summed E-state index contributed by atoms with van der Waals surface area (Å²) in [4.78, 5) is 0. The van der Waals surface area contributed by atoms with Crippen LogP contribution < -0.4 is 4.74 Å². The van der Waals surface area contributed by atoms with E-state index in [1.165, 1.54) is 25.3 Å². The molecule has 5 heteroatoms. The highest BCUT2D eigenvalue weighted by Crippen LogP contribution is 2.33. The summed E-state index contributed by atoms with van der Waals surface area (Å²) in [5.74, 6) is -0.0754. The number of aliphatic hydroxyl groups is 1. The molecular weight excluding hydrogens is 295 g/mol. The molecule has 0 fully saturated rings. The Hall–Kier alpha value is -2.04. The lowest BCUT2D eigenvalue weighted by atomic mass is 10.1. The molecule has 21 heavy (non-hydrogen) atoms. The second-order valence-corrected chi connectivity index (χ2v) is 5.01. The third-order valence-electron chi connectivity index (χ3n) is 3.28. The Labute approximate surface area is 125 Å². The van der Waals surface area contributed by atoms with Gasteiger partial charge in [-0.3, -0.25) is 0 Å². The molecule has 0 spiro atoms. The van der Waals surface area contributed by atoms with Gasteiger partial charge in [0.2, 0.25) is 0 Å². The number of para-hydroxylation sites is 1. The second kappa shape index (κ2) is 5.39. The van der Waals surface area contributed by atoms with Gasteiger partial charge in [-0.05, 0) is 29.8 Å². The molecule has 3 aromatic rings. The Kier molecular flexibility index (Phi) is 3.57. The van der Waals surface area contributed by atoms with Gasteiger partial charge in [0, 0.05) is 5.39 Å². The van der Waals surface area contributed by atoms with Crippen molar-refractivity contribution in [2.75, 3.05) is 7.11 Å². The first-order chi connectivity index (χ1) is 10.1. The topological polar surface area (TPSA) is 42.6 Å². The van der Waals surface area contributed by atoms with E-state index in [0.29, 0.717) is 21.9 Å². The van der Waals surface area contributed by atoms with Gasteiger partial charge in [0.1, 0.15) is 11.9 Å². The molecule has 0 bridgehead atoms. The number of fused-ring (bicyclic) bond motifs is 1. The van der Waals surface area contributed by atoms with E-state index in [9.17, 15) is 9.50 Å². The fraction of sp³-hybridized carbons (Fsp3) is 0.125. The largest absolute Gasteiger partial charge is 0.494 e. The van der Waals surface area contributed by atoms with Gasteiger partial charge >= 0.3 is 0 Å². The van der Waals surface area contributed by atoms with Crippen molar-refractivity contribution in [2.24, 2.45) is 0 Å². The third kappa shape index (κ3) is 2.48. The Morgan fingerprint density at radius 3 is 2.76 bits per heavy atom. The number of rotatable bonds is 3. The predicted molar refractivity (Wildman–Crippen MR) is 78.2 cm³/mol. The molecule has 3 nitrogen and oxygen atoms in total. The Bertz CT molecular complexity index is 797. The van der Waals surface area contributed by atoms with Crippen LogP contribution in [0.3, 0.4) is 0 Å². The van der Waals surface area contributed by atoms with Gasteiger partial charge in [0.05, 0.1) is 12.1 Å². The zero-order chi connectivity index (χ0) is 15.0. The Morgan fingerprint density at radius 2 is 2.05 bits per heavy atom. The fourth-order valence-electron chi connectivity index (χ4n) is 2.19. The van der Waals surface area contributed by atoms with E-state index in [1.807, 2.05) is 6.07 Å². The van der Waals surface area contributed by atoms with Crippen LogP contribution in [0.25, 0.3) is 11.0 Å². The molecule has 0 aliphatic rings. The summed E-state index contributed by atoms with van der Waals surface area (Å²) in [5, 5.41) is 11.7. The van der Waals surface area contributed by atoms with E-state index in [-0.39, 0.29) is 5.75 Å². The molecule has 0 saturated heterocycles. The summed E-state index contributed by atoms with van der Waals surface area (Å²) in [5.41, 5.74) is 0.991. The summed E-state index contributed by atoms with van der Waals surface area (Å²) in [6.07, 6.45) is -1.03. The van der Waals surface area contributed by atoms with Crippen molar-refractivity contribution in [3.8, 4) is 5.75 Å². The smallest absolute Gasteiger partial charge is 0.165 e. The average Bonchev–Trinajstić information content (AvgIpc) is 2.92. The summed E-state index contributed by atoms with van der Waals surface area (Å²) in [7, 11) is 1.37. The highest BCUT2D eigenvalue weighted by Gasteiger charge is 2.18. The molecule has 0 amide bonds. The lowest BCUT2D eigenvalue weighted by Gasteiger charge is -2.10. The Morgan fingerprint density at radius 1 is 1.24 bits per heavy atom. The minimum atomic E-state index is -1.03. The summed E-state index contributed by atoms with van der Waals surface area (Å²) in [6, 6.07) is 11.2. The lowest BCUT2D eigenvalue weighted by Crippen LogP contribution is -1.99. The second-order valence-electron chi connectivity index (χ2n) is 4.60. The van der Waals surface area contributed by atoms with Crippen LogP contribution in [-0.4, -0.2) is 12.2 Å². The van der Waals surface area contributed by atoms with Crippen LogP contribution in [0.4, 0.5) is 4.39 Å². The minimum absolute atomic E-state index is 0.0701. The number of furan rings is 1. The standard InChI is InChI=1S/C16H12ClFO3/c1-20-13-7-9(5-6-12(13)18)15(19)14-8-10-3-2-4-11(17)16(10)21-14/h2-8,15,19H,1H3. The van der Waals surface area contributed by atoms with Crippen LogP contribution in [0.15, 0.2) is 46.9 Å². The van der Waals surface area contributed by atoms with E-state index in [2.05, 4.69) is 0 Å².